The maximum Gasteiger partial charge on any atom is 0.322 e. The topological polar surface area (TPSA) is 95.4 Å². The monoisotopic (exact) mass is 282 g/mol. The van der Waals surface area contributed by atoms with Crippen LogP contribution in [0.25, 0.3) is 0 Å². The summed E-state index contributed by atoms with van der Waals surface area (Å²) in [5.74, 6) is 0.760. The molecule has 0 saturated heterocycles. The summed E-state index contributed by atoms with van der Waals surface area (Å²) < 4.78 is 4.55. The molecule has 0 aliphatic rings. The Balaban J connectivity index is 2.29. The van der Waals surface area contributed by atoms with Gasteiger partial charge in [0.1, 0.15) is 6.04 Å². The van der Waals surface area contributed by atoms with Gasteiger partial charge in [0.25, 0.3) is 0 Å². The van der Waals surface area contributed by atoms with E-state index in [-0.39, 0.29) is 5.97 Å². The number of carbonyl (C=O) groups excluding carboxylic acids is 2. The number of rotatable bonds is 7. The molecule has 0 aliphatic carbocycles. The summed E-state index contributed by atoms with van der Waals surface area (Å²) in [6, 6.07) is 6.59. The van der Waals surface area contributed by atoms with Crippen LogP contribution in [0.3, 0.4) is 0 Å². The van der Waals surface area contributed by atoms with E-state index in [1.54, 1.807) is 23.9 Å². The fourth-order valence-electron chi connectivity index (χ4n) is 1.43. The van der Waals surface area contributed by atoms with Gasteiger partial charge in [0.05, 0.1) is 7.11 Å². The maximum absolute atomic E-state index is 11.1. The Morgan fingerprint density at radius 3 is 2.47 bits per heavy atom. The number of ether oxygens (including phenoxy) is 1. The molecule has 0 bridgehead atoms. The van der Waals surface area contributed by atoms with Crippen LogP contribution in [0.5, 0.6) is 0 Å². The van der Waals surface area contributed by atoms with Gasteiger partial charge in [-0.15, -0.1) is 0 Å². The molecule has 0 aromatic heterocycles. The largest absolute Gasteiger partial charge is 0.468 e. The summed E-state index contributed by atoms with van der Waals surface area (Å²) in [6.07, 6.45) is 0.580. The molecule has 6 heteroatoms. The second kappa shape index (κ2) is 7.81. The third-order valence-electron chi connectivity index (χ3n) is 2.58. The minimum Gasteiger partial charge on any atom is -0.468 e. The van der Waals surface area contributed by atoms with E-state index in [0.29, 0.717) is 12.0 Å². The van der Waals surface area contributed by atoms with E-state index in [2.05, 4.69) is 4.74 Å². The molecular formula is C13H18N2O3S. The number of methoxy groups -OCH3 is 1. The number of hydrogen-bond donors (Lipinski definition) is 2. The molecule has 5 nitrogen and oxygen atoms in total. The zero-order chi connectivity index (χ0) is 14.3. The third kappa shape index (κ3) is 5.32. The van der Waals surface area contributed by atoms with Crippen molar-refractivity contribution in [2.45, 2.75) is 18.2 Å². The lowest BCUT2D eigenvalue weighted by Crippen LogP contribution is -2.31. The van der Waals surface area contributed by atoms with Gasteiger partial charge in [-0.25, -0.2) is 0 Å². The van der Waals surface area contributed by atoms with Crippen LogP contribution in [0.1, 0.15) is 22.3 Å². The molecule has 4 N–H and O–H groups in total. The van der Waals surface area contributed by atoms with E-state index in [0.717, 1.165) is 17.1 Å². The van der Waals surface area contributed by atoms with Gasteiger partial charge >= 0.3 is 5.97 Å². The highest BCUT2D eigenvalue weighted by molar-refractivity contribution is 7.98. The average molecular weight is 282 g/mol. The zero-order valence-corrected chi connectivity index (χ0v) is 11.6. The molecule has 0 saturated carbocycles. The van der Waals surface area contributed by atoms with E-state index in [4.69, 9.17) is 11.5 Å². The number of primary amides is 1. The quantitative estimate of drug-likeness (QED) is 0.572. The van der Waals surface area contributed by atoms with E-state index < -0.39 is 11.9 Å². The highest BCUT2D eigenvalue weighted by Crippen LogP contribution is 2.14. The van der Waals surface area contributed by atoms with E-state index in [1.807, 2.05) is 12.1 Å². The first-order chi connectivity index (χ1) is 9.04. The molecule has 104 valence electrons. The summed E-state index contributed by atoms with van der Waals surface area (Å²) in [5, 5.41) is 0. The molecule has 0 spiro atoms. The lowest BCUT2D eigenvalue weighted by molar-refractivity contribution is -0.142. The normalized spacial score (nSPS) is 11.9. The Bertz CT molecular complexity index is 434. The molecule has 0 fully saturated rings. The summed E-state index contributed by atoms with van der Waals surface area (Å²) in [4.78, 5) is 22.0. The fourth-order valence-corrected chi connectivity index (χ4v) is 2.43. The number of nitrogens with two attached hydrogens (primary N) is 2. The average Bonchev–Trinajstić information content (AvgIpc) is 2.42. The summed E-state index contributed by atoms with van der Waals surface area (Å²) in [5.41, 5.74) is 12.4. The second-order valence-corrected chi connectivity index (χ2v) is 5.14. The van der Waals surface area contributed by atoms with Gasteiger partial charge in [-0.05, 0) is 29.9 Å². The van der Waals surface area contributed by atoms with Crippen molar-refractivity contribution in [2.24, 2.45) is 11.5 Å². The number of thioether (sulfide) groups is 1. The van der Waals surface area contributed by atoms with Crippen molar-refractivity contribution in [3.63, 3.8) is 0 Å². The third-order valence-corrected chi connectivity index (χ3v) is 3.65. The van der Waals surface area contributed by atoms with Gasteiger partial charge in [0, 0.05) is 11.3 Å². The van der Waals surface area contributed by atoms with Crippen LogP contribution in [0.4, 0.5) is 0 Å². The molecule has 0 heterocycles. The zero-order valence-electron chi connectivity index (χ0n) is 10.8. The van der Waals surface area contributed by atoms with Gasteiger partial charge in [-0.3, -0.25) is 9.59 Å². The summed E-state index contributed by atoms with van der Waals surface area (Å²) >= 11 is 1.67. The Morgan fingerprint density at radius 2 is 1.95 bits per heavy atom. The van der Waals surface area contributed by atoms with Crippen molar-refractivity contribution < 1.29 is 14.3 Å². The van der Waals surface area contributed by atoms with Crippen LogP contribution in [-0.4, -0.2) is 30.8 Å². The van der Waals surface area contributed by atoms with Crippen LogP contribution in [0, 0.1) is 0 Å². The second-order valence-electron chi connectivity index (χ2n) is 4.03. The van der Waals surface area contributed by atoms with Gasteiger partial charge in [0.15, 0.2) is 0 Å². The summed E-state index contributed by atoms with van der Waals surface area (Å²) in [6.45, 7) is 0. The molecule has 1 atom stereocenters. The van der Waals surface area contributed by atoms with Crippen molar-refractivity contribution in [3.8, 4) is 0 Å². The summed E-state index contributed by atoms with van der Waals surface area (Å²) in [7, 11) is 1.33. The number of carbonyl (C=O) groups is 2. The molecule has 0 radical (unpaired) electrons. The van der Waals surface area contributed by atoms with Crippen LogP contribution < -0.4 is 11.5 Å². The molecule has 1 amide bonds. The number of esters is 1. The Labute approximate surface area is 116 Å². The Morgan fingerprint density at radius 1 is 1.32 bits per heavy atom. The van der Waals surface area contributed by atoms with Crippen molar-refractivity contribution in [2.75, 3.05) is 12.9 Å². The fraction of sp³-hybridized carbons (Fsp3) is 0.385. The lowest BCUT2D eigenvalue weighted by atomic mass is 10.1. The first kappa shape index (κ1) is 15.5. The molecular weight excluding hydrogens is 264 g/mol. The maximum atomic E-state index is 11.1. The first-order valence-electron chi connectivity index (χ1n) is 5.84. The van der Waals surface area contributed by atoms with Crippen molar-refractivity contribution in [3.05, 3.63) is 35.4 Å². The van der Waals surface area contributed by atoms with Crippen molar-refractivity contribution >= 4 is 23.6 Å². The predicted molar refractivity (Wildman–Crippen MR) is 75.7 cm³/mol. The smallest absolute Gasteiger partial charge is 0.322 e. The number of benzene rings is 1. The van der Waals surface area contributed by atoms with Gasteiger partial charge in [0.2, 0.25) is 5.91 Å². The van der Waals surface area contributed by atoms with E-state index in [1.165, 1.54) is 7.11 Å². The minimum absolute atomic E-state index is 0.383. The van der Waals surface area contributed by atoms with Gasteiger partial charge < -0.3 is 16.2 Å². The number of hydrogen-bond acceptors (Lipinski definition) is 5. The van der Waals surface area contributed by atoms with Crippen LogP contribution in [-0.2, 0) is 15.3 Å². The SMILES string of the molecule is COC(=O)C(N)CCSCc1ccc(C(N)=O)cc1. The van der Waals surface area contributed by atoms with Crippen LogP contribution in [0.15, 0.2) is 24.3 Å². The Hall–Kier alpha value is -1.53. The van der Waals surface area contributed by atoms with E-state index in [9.17, 15) is 9.59 Å². The minimum atomic E-state index is -0.560. The van der Waals surface area contributed by atoms with Gasteiger partial charge in [-0.1, -0.05) is 12.1 Å². The Kier molecular flexibility index (Phi) is 6.38. The highest BCUT2D eigenvalue weighted by atomic mass is 32.2. The van der Waals surface area contributed by atoms with Crippen molar-refractivity contribution in [1.82, 2.24) is 0 Å². The lowest BCUT2D eigenvalue weighted by Gasteiger charge is -2.08. The highest BCUT2D eigenvalue weighted by Gasteiger charge is 2.12. The van der Waals surface area contributed by atoms with E-state index >= 15 is 0 Å². The molecule has 1 aromatic carbocycles. The molecule has 1 aromatic rings. The number of amides is 1. The van der Waals surface area contributed by atoms with Gasteiger partial charge in [-0.2, -0.15) is 11.8 Å². The standard InChI is InChI=1S/C13H18N2O3S/c1-18-13(17)11(14)6-7-19-8-9-2-4-10(5-3-9)12(15)16/h2-5,11H,6-8,14H2,1H3,(H2,15,16). The van der Waals surface area contributed by atoms with Crippen molar-refractivity contribution in [1.29, 1.82) is 0 Å². The molecule has 1 rings (SSSR count). The molecule has 1 unspecified atom stereocenters. The van der Waals surface area contributed by atoms with Crippen LogP contribution >= 0.6 is 11.8 Å². The molecule has 0 aliphatic heterocycles. The van der Waals surface area contributed by atoms with Crippen LogP contribution in [0.2, 0.25) is 0 Å². The molecule has 19 heavy (non-hydrogen) atoms. The first-order valence-corrected chi connectivity index (χ1v) is 7.00. The predicted octanol–water partition coefficient (Wildman–Crippen LogP) is 0.909.